The molecule has 1 heterocycles. The summed E-state index contributed by atoms with van der Waals surface area (Å²) in [6, 6.07) is 10.6. The molecule has 2 aromatic rings. The molecule has 1 amide bonds. The summed E-state index contributed by atoms with van der Waals surface area (Å²) in [7, 11) is 0. The van der Waals surface area contributed by atoms with Crippen molar-refractivity contribution in [2.45, 2.75) is 46.1 Å². The highest BCUT2D eigenvalue weighted by Gasteiger charge is 2.10. The lowest BCUT2D eigenvalue weighted by Crippen LogP contribution is -2.26. The van der Waals surface area contributed by atoms with Crippen LogP contribution in [0.15, 0.2) is 41.2 Å². The number of carbonyl (C=O) groups is 1. The molecule has 0 unspecified atom stereocenters. The molecule has 1 aromatic carbocycles. The molecular formula is C18H23N3O2. The van der Waals surface area contributed by atoms with E-state index in [4.69, 9.17) is 0 Å². The second-order valence-corrected chi connectivity index (χ2v) is 5.86. The predicted octanol–water partition coefficient (Wildman–Crippen LogP) is 3.42. The molecule has 0 saturated carbocycles. The van der Waals surface area contributed by atoms with E-state index in [1.165, 1.54) is 22.4 Å². The maximum absolute atomic E-state index is 12.3. The van der Waals surface area contributed by atoms with Crippen LogP contribution in [0, 0.1) is 0 Å². The Hall–Kier alpha value is -2.43. The third-order valence-electron chi connectivity index (χ3n) is 3.66. The first-order chi connectivity index (χ1) is 11.0. The largest absolute Gasteiger partial charge is 0.321 e. The highest BCUT2D eigenvalue weighted by Crippen LogP contribution is 2.17. The minimum absolute atomic E-state index is 0.184. The van der Waals surface area contributed by atoms with E-state index in [2.05, 4.69) is 24.3 Å². The first-order valence-corrected chi connectivity index (χ1v) is 8.00. The van der Waals surface area contributed by atoms with Crippen molar-refractivity contribution in [2.75, 3.05) is 5.32 Å². The van der Waals surface area contributed by atoms with Crippen LogP contribution in [0.2, 0.25) is 0 Å². The van der Waals surface area contributed by atoms with Crippen LogP contribution < -0.4 is 10.9 Å². The van der Waals surface area contributed by atoms with Crippen molar-refractivity contribution in [3.05, 3.63) is 58.0 Å². The zero-order valence-corrected chi connectivity index (χ0v) is 13.9. The first-order valence-electron chi connectivity index (χ1n) is 8.00. The summed E-state index contributed by atoms with van der Waals surface area (Å²) in [4.78, 5) is 24.0. The van der Waals surface area contributed by atoms with E-state index >= 15 is 0 Å². The molecule has 0 atom stereocenters. The molecule has 0 bridgehead atoms. The second kappa shape index (κ2) is 7.72. The summed E-state index contributed by atoms with van der Waals surface area (Å²) >= 11 is 0. The lowest BCUT2D eigenvalue weighted by atomic mass is 10.0. The molecule has 0 spiro atoms. The van der Waals surface area contributed by atoms with Gasteiger partial charge in [-0.1, -0.05) is 39.3 Å². The molecule has 0 aliphatic heterocycles. The zero-order chi connectivity index (χ0) is 16.8. The molecule has 0 aliphatic carbocycles. The number of aryl methyl sites for hydroxylation is 1. The number of hydrogen-bond donors (Lipinski definition) is 1. The van der Waals surface area contributed by atoms with Crippen LogP contribution in [-0.4, -0.2) is 15.7 Å². The van der Waals surface area contributed by atoms with Crippen LogP contribution in [-0.2, 0) is 6.54 Å². The number of nitrogens with zero attached hydrogens (tertiary/aromatic N) is 2. The van der Waals surface area contributed by atoms with Crippen LogP contribution >= 0.6 is 0 Å². The minimum atomic E-state index is -0.312. The number of aromatic nitrogens is 2. The quantitative estimate of drug-likeness (QED) is 0.888. The fraction of sp³-hybridized carbons (Fsp3) is 0.389. The third-order valence-corrected chi connectivity index (χ3v) is 3.66. The van der Waals surface area contributed by atoms with Gasteiger partial charge in [-0.15, -0.1) is 0 Å². The van der Waals surface area contributed by atoms with Gasteiger partial charge in [0.2, 0.25) is 0 Å². The van der Waals surface area contributed by atoms with Gasteiger partial charge in [0, 0.05) is 18.3 Å². The van der Waals surface area contributed by atoms with E-state index in [0.717, 1.165) is 12.8 Å². The molecule has 2 rings (SSSR count). The fourth-order valence-corrected chi connectivity index (χ4v) is 2.18. The lowest BCUT2D eigenvalue weighted by molar-refractivity contribution is 0.101. The average Bonchev–Trinajstić information content (AvgIpc) is 2.54. The van der Waals surface area contributed by atoms with Crippen LogP contribution in [0.25, 0.3) is 0 Å². The van der Waals surface area contributed by atoms with Crippen molar-refractivity contribution in [3.8, 4) is 0 Å². The highest BCUT2D eigenvalue weighted by molar-refractivity contribution is 6.02. The highest BCUT2D eigenvalue weighted by atomic mass is 16.2. The summed E-state index contributed by atoms with van der Waals surface area (Å²) in [5.41, 5.74) is 1.99. The van der Waals surface area contributed by atoms with Gasteiger partial charge in [-0.2, -0.15) is 5.10 Å². The maximum atomic E-state index is 12.3. The molecule has 122 valence electrons. The van der Waals surface area contributed by atoms with Gasteiger partial charge in [-0.25, -0.2) is 4.68 Å². The number of rotatable bonds is 6. The van der Waals surface area contributed by atoms with E-state index in [1.54, 1.807) is 0 Å². The van der Waals surface area contributed by atoms with Gasteiger partial charge < -0.3 is 5.32 Å². The molecule has 0 fully saturated rings. The third kappa shape index (κ3) is 4.52. The topological polar surface area (TPSA) is 64.0 Å². The molecule has 1 aromatic heterocycles. The van der Waals surface area contributed by atoms with E-state index in [0.29, 0.717) is 18.2 Å². The molecule has 5 nitrogen and oxygen atoms in total. The van der Waals surface area contributed by atoms with E-state index < -0.39 is 0 Å². The van der Waals surface area contributed by atoms with Crippen LogP contribution in [0.5, 0.6) is 0 Å². The van der Waals surface area contributed by atoms with Crippen molar-refractivity contribution >= 4 is 11.6 Å². The molecular weight excluding hydrogens is 290 g/mol. The molecule has 23 heavy (non-hydrogen) atoms. The number of carbonyl (C=O) groups excluding carboxylic acids is 1. The molecule has 5 heteroatoms. The number of amides is 1. The predicted molar refractivity (Wildman–Crippen MR) is 91.9 cm³/mol. The van der Waals surface area contributed by atoms with Crippen LogP contribution in [0.3, 0.4) is 0 Å². The van der Waals surface area contributed by atoms with Gasteiger partial charge >= 0.3 is 0 Å². The Balaban J connectivity index is 2.12. The smallest absolute Gasteiger partial charge is 0.276 e. The Bertz CT molecular complexity index is 718. The van der Waals surface area contributed by atoms with Gasteiger partial charge in [0.1, 0.15) is 5.69 Å². The van der Waals surface area contributed by atoms with E-state index in [-0.39, 0.29) is 17.2 Å². The molecule has 0 aliphatic rings. The summed E-state index contributed by atoms with van der Waals surface area (Å²) in [6.07, 6.45) is 1.82. The number of anilines is 1. The van der Waals surface area contributed by atoms with E-state index in [9.17, 15) is 9.59 Å². The van der Waals surface area contributed by atoms with Gasteiger partial charge in [0.05, 0.1) is 0 Å². The Morgan fingerprint density at radius 1 is 1.17 bits per heavy atom. The van der Waals surface area contributed by atoms with Gasteiger partial charge in [-0.05, 0) is 36.1 Å². The Labute approximate surface area is 136 Å². The number of unbranched alkanes of at least 4 members (excludes halogenated alkanes) is 1. The number of benzene rings is 1. The van der Waals surface area contributed by atoms with Crippen LogP contribution in [0.4, 0.5) is 5.69 Å². The van der Waals surface area contributed by atoms with Crippen LogP contribution in [0.1, 0.15) is 55.6 Å². The standard InChI is InChI=1S/C18H23N3O2/c1-4-5-12-21-17(22)11-10-16(20-21)18(23)19-15-8-6-14(7-9-15)13(2)3/h6-11,13H,4-5,12H2,1-3H3,(H,19,23). The zero-order valence-electron chi connectivity index (χ0n) is 13.9. The molecule has 0 radical (unpaired) electrons. The maximum Gasteiger partial charge on any atom is 0.276 e. The lowest BCUT2D eigenvalue weighted by Gasteiger charge is -2.09. The van der Waals surface area contributed by atoms with Crippen molar-refractivity contribution in [3.63, 3.8) is 0 Å². The van der Waals surface area contributed by atoms with Crippen molar-refractivity contribution in [1.82, 2.24) is 9.78 Å². The van der Waals surface area contributed by atoms with Gasteiger partial charge in [0.25, 0.3) is 11.5 Å². The fourth-order valence-electron chi connectivity index (χ4n) is 2.18. The monoisotopic (exact) mass is 313 g/mol. The van der Waals surface area contributed by atoms with Crippen molar-refractivity contribution in [1.29, 1.82) is 0 Å². The summed E-state index contributed by atoms with van der Waals surface area (Å²) in [5.74, 6) is 0.135. The number of hydrogen-bond acceptors (Lipinski definition) is 3. The normalized spacial score (nSPS) is 10.8. The Morgan fingerprint density at radius 2 is 1.87 bits per heavy atom. The molecule has 1 N–H and O–H groups in total. The van der Waals surface area contributed by atoms with Gasteiger partial charge in [-0.3, -0.25) is 9.59 Å². The summed E-state index contributed by atoms with van der Waals surface area (Å²) in [6.45, 7) is 6.82. The number of nitrogens with one attached hydrogen (secondary N) is 1. The summed E-state index contributed by atoms with van der Waals surface area (Å²) < 4.78 is 1.35. The van der Waals surface area contributed by atoms with Gasteiger partial charge in [0.15, 0.2) is 0 Å². The van der Waals surface area contributed by atoms with Crippen molar-refractivity contribution in [2.24, 2.45) is 0 Å². The molecule has 0 saturated heterocycles. The minimum Gasteiger partial charge on any atom is -0.321 e. The summed E-state index contributed by atoms with van der Waals surface area (Å²) in [5, 5.41) is 6.95. The average molecular weight is 313 g/mol. The van der Waals surface area contributed by atoms with E-state index in [1.807, 2.05) is 31.2 Å². The Morgan fingerprint density at radius 3 is 2.48 bits per heavy atom. The second-order valence-electron chi connectivity index (χ2n) is 5.86. The van der Waals surface area contributed by atoms with Crippen molar-refractivity contribution < 1.29 is 4.79 Å². The Kier molecular flexibility index (Phi) is 5.68. The SMILES string of the molecule is CCCCn1nc(C(=O)Nc2ccc(C(C)C)cc2)ccc1=O. The first kappa shape index (κ1) is 16.9.